The molecule has 1 amide bonds. The summed E-state index contributed by atoms with van der Waals surface area (Å²) in [5.74, 6) is -0.0961. The van der Waals surface area contributed by atoms with Crippen molar-refractivity contribution in [1.82, 2.24) is 9.71 Å². The van der Waals surface area contributed by atoms with Gasteiger partial charge >= 0.3 is 0 Å². The van der Waals surface area contributed by atoms with E-state index in [2.05, 4.69) is 15.0 Å². The predicted molar refractivity (Wildman–Crippen MR) is 121 cm³/mol. The third kappa shape index (κ3) is 5.46. The molecule has 158 valence electrons. The van der Waals surface area contributed by atoms with Crippen LogP contribution in [0.4, 0.5) is 5.69 Å². The molecular weight excluding hydrogens is 442 g/mol. The molecule has 0 atom stereocenters. The number of rotatable bonds is 8. The maximum Gasteiger partial charge on any atom is 0.240 e. The molecular formula is C21H22ClN3O3S2. The van der Waals surface area contributed by atoms with Gasteiger partial charge in [-0.05, 0) is 43.7 Å². The van der Waals surface area contributed by atoms with Gasteiger partial charge in [-0.2, -0.15) is 0 Å². The van der Waals surface area contributed by atoms with E-state index < -0.39 is 10.0 Å². The largest absolute Gasteiger partial charge is 0.326 e. The summed E-state index contributed by atoms with van der Waals surface area (Å²) in [4.78, 5) is 17.1. The van der Waals surface area contributed by atoms with Gasteiger partial charge < -0.3 is 5.32 Å². The van der Waals surface area contributed by atoms with E-state index in [1.165, 1.54) is 23.5 Å². The quantitative estimate of drug-likeness (QED) is 0.492. The summed E-state index contributed by atoms with van der Waals surface area (Å²) in [7, 11) is -3.70. The molecule has 0 unspecified atom stereocenters. The summed E-state index contributed by atoms with van der Waals surface area (Å²) in [5, 5.41) is 4.09. The van der Waals surface area contributed by atoms with Gasteiger partial charge in [-0.3, -0.25) is 4.79 Å². The van der Waals surface area contributed by atoms with E-state index in [1.807, 2.05) is 32.0 Å². The first-order valence-electron chi connectivity index (χ1n) is 9.41. The molecule has 3 aromatic rings. The van der Waals surface area contributed by atoms with Crippen molar-refractivity contribution in [3.8, 4) is 10.6 Å². The predicted octanol–water partition coefficient (Wildman–Crippen LogP) is 4.99. The highest BCUT2D eigenvalue weighted by molar-refractivity contribution is 7.89. The zero-order chi connectivity index (χ0) is 21.7. The highest BCUT2D eigenvalue weighted by Crippen LogP contribution is 2.32. The van der Waals surface area contributed by atoms with E-state index in [-0.39, 0.29) is 17.3 Å². The van der Waals surface area contributed by atoms with Gasteiger partial charge in [0.2, 0.25) is 15.9 Å². The van der Waals surface area contributed by atoms with Crippen molar-refractivity contribution >= 4 is 44.6 Å². The zero-order valence-electron chi connectivity index (χ0n) is 16.6. The highest BCUT2D eigenvalue weighted by Gasteiger charge is 2.17. The lowest BCUT2D eigenvalue weighted by Gasteiger charge is -2.08. The van der Waals surface area contributed by atoms with Crippen molar-refractivity contribution in [3.63, 3.8) is 0 Å². The Morgan fingerprint density at radius 2 is 1.83 bits per heavy atom. The lowest BCUT2D eigenvalue weighted by molar-refractivity contribution is -0.116. The van der Waals surface area contributed by atoms with Crippen molar-refractivity contribution in [2.45, 2.75) is 38.1 Å². The van der Waals surface area contributed by atoms with Gasteiger partial charge in [0.15, 0.2) is 0 Å². The van der Waals surface area contributed by atoms with Gasteiger partial charge in [0.05, 0.1) is 15.6 Å². The topological polar surface area (TPSA) is 88.2 Å². The molecule has 30 heavy (non-hydrogen) atoms. The van der Waals surface area contributed by atoms with E-state index >= 15 is 0 Å². The Kier molecular flexibility index (Phi) is 7.25. The standard InChI is InChI=1S/C21H22ClN3O3S2/c1-3-6-20(26)25-15-9-11-16(12-10-15)30(27,28)23-13-19-14(2)24-21(29-19)17-7-4-5-8-18(17)22/h4-5,7-12,23H,3,6,13H2,1-2H3,(H,25,26). The minimum atomic E-state index is -3.70. The van der Waals surface area contributed by atoms with Crippen LogP contribution in [0.2, 0.25) is 5.02 Å². The fraction of sp³-hybridized carbons (Fsp3) is 0.238. The van der Waals surface area contributed by atoms with Crippen molar-refractivity contribution in [2.75, 3.05) is 5.32 Å². The molecule has 0 aliphatic rings. The van der Waals surface area contributed by atoms with Crippen molar-refractivity contribution < 1.29 is 13.2 Å². The molecule has 0 fully saturated rings. The van der Waals surface area contributed by atoms with Crippen LogP contribution in [0, 0.1) is 6.92 Å². The number of thiazole rings is 1. The van der Waals surface area contributed by atoms with Gasteiger partial charge in [0, 0.05) is 29.1 Å². The van der Waals surface area contributed by atoms with Gasteiger partial charge in [0.25, 0.3) is 0 Å². The number of benzene rings is 2. The van der Waals surface area contributed by atoms with E-state index in [4.69, 9.17) is 11.6 Å². The van der Waals surface area contributed by atoms with Crippen LogP contribution in [-0.4, -0.2) is 19.3 Å². The smallest absolute Gasteiger partial charge is 0.240 e. The Morgan fingerprint density at radius 1 is 1.13 bits per heavy atom. The van der Waals surface area contributed by atoms with Crippen molar-refractivity contribution in [2.24, 2.45) is 0 Å². The van der Waals surface area contributed by atoms with Crippen LogP contribution in [0.3, 0.4) is 0 Å². The molecule has 0 radical (unpaired) electrons. The third-order valence-corrected chi connectivity index (χ3v) is 7.28. The van der Waals surface area contributed by atoms with Crippen LogP contribution in [0.15, 0.2) is 53.4 Å². The average Bonchev–Trinajstić information content (AvgIpc) is 3.08. The Hall–Kier alpha value is -2.26. The fourth-order valence-corrected chi connectivity index (χ4v) is 5.16. The number of hydrogen-bond acceptors (Lipinski definition) is 5. The maximum atomic E-state index is 12.6. The molecule has 6 nitrogen and oxygen atoms in total. The number of carbonyl (C=O) groups is 1. The monoisotopic (exact) mass is 463 g/mol. The fourth-order valence-electron chi connectivity index (χ4n) is 2.75. The minimum absolute atomic E-state index is 0.0961. The minimum Gasteiger partial charge on any atom is -0.326 e. The number of aryl methyl sites for hydroxylation is 1. The molecule has 0 saturated heterocycles. The van der Waals surface area contributed by atoms with E-state index in [0.29, 0.717) is 17.1 Å². The number of aromatic nitrogens is 1. The van der Waals surface area contributed by atoms with Crippen LogP contribution in [0.25, 0.3) is 10.6 Å². The van der Waals surface area contributed by atoms with Crippen LogP contribution in [-0.2, 0) is 21.4 Å². The Balaban J connectivity index is 1.69. The molecule has 9 heteroatoms. The van der Waals surface area contributed by atoms with Crippen molar-refractivity contribution in [1.29, 1.82) is 0 Å². The molecule has 0 aliphatic heterocycles. The Morgan fingerprint density at radius 3 is 2.50 bits per heavy atom. The van der Waals surface area contributed by atoms with Gasteiger partial charge in [-0.1, -0.05) is 36.7 Å². The number of carbonyl (C=O) groups excluding carboxylic acids is 1. The highest BCUT2D eigenvalue weighted by atomic mass is 35.5. The number of nitrogens with one attached hydrogen (secondary N) is 2. The second-order valence-electron chi connectivity index (χ2n) is 6.65. The third-order valence-electron chi connectivity index (χ3n) is 4.35. The van der Waals surface area contributed by atoms with E-state index in [0.717, 1.165) is 27.6 Å². The van der Waals surface area contributed by atoms with Crippen LogP contribution in [0.1, 0.15) is 30.3 Å². The van der Waals surface area contributed by atoms with Crippen LogP contribution < -0.4 is 10.0 Å². The summed E-state index contributed by atoms with van der Waals surface area (Å²) in [5.41, 5.74) is 2.14. The molecule has 3 rings (SSSR count). The Labute approximate surface area is 185 Å². The SMILES string of the molecule is CCCC(=O)Nc1ccc(S(=O)(=O)NCc2sc(-c3ccccc3Cl)nc2C)cc1. The van der Waals surface area contributed by atoms with E-state index in [1.54, 1.807) is 18.2 Å². The molecule has 0 spiro atoms. The molecule has 1 aromatic heterocycles. The first-order chi connectivity index (χ1) is 14.3. The maximum absolute atomic E-state index is 12.6. The molecule has 2 N–H and O–H groups in total. The number of hydrogen-bond donors (Lipinski definition) is 2. The number of anilines is 1. The molecule has 2 aromatic carbocycles. The molecule has 0 aliphatic carbocycles. The number of nitrogens with zero attached hydrogens (tertiary/aromatic N) is 1. The van der Waals surface area contributed by atoms with Gasteiger partial charge in [-0.15, -0.1) is 11.3 Å². The molecule has 1 heterocycles. The summed E-state index contributed by atoms with van der Waals surface area (Å²) in [6.07, 6.45) is 1.17. The van der Waals surface area contributed by atoms with Crippen molar-refractivity contribution in [3.05, 3.63) is 64.1 Å². The van der Waals surface area contributed by atoms with Gasteiger partial charge in [0.1, 0.15) is 5.01 Å². The zero-order valence-corrected chi connectivity index (χ0v) is 19.0. The number of amides is 1. The first kappa shape index (κ1) is 22.4. The summed E-state index contributed by atoms with van der Waals surface area (Å²) in [6.45, 7) is 3.89. The van der Waals surface area contributed by atoms with Crippen LogP contribution >= 0.6 is 22.9 Å². The normalized spacial score (nSPS) is 11.4. The number of halogens is 1. The second-order valence-corrected chi connectivity index (χ2v) is 9.91. The first-order valence-corrected chi connectivity index (χ1v) is 12.1. The summed E-state index contributed by atoms with van der Waals surface area (Å²) >= 11 is 7.65. The average molecular weight is 464 g/mol. The summed E-state index contributed by atoms with van der Waals surface area (Å²) < 4.78 is 27.9. The second kappa shape index (κ2) is 9.70. The van der Waals surface area contributed by atoms with E-state index in [9.17, 15) is 13.2 Å². The number of sulfonamides is 1. The molecule has 0 saturated carbocycles. The lowest BCUT2D eigenvalue weighted by Crippen LogP contribution is -2.23. The summed E-state index contributed by atoms with van der Waals surface area (Å²) in [6, 6.07) is 13.5. The molecule has 0 bridgehead atoms. The van der Waals surface area contributed by atoms with Gasteiger partial charge in [-0.25, -0.2) is 18.1 Å². The lowest BCUT2D eigenvalue weighted by atomic mass is 10.2. The van der Waals surface area contributed by atoms with Crippen LogP contribution in [0.5, 0.6) is 0 Å². The Bertz CT molecular complexity index is 1140.